The highest BCUT2D eigenvalue weighted by molar-refractivity contribution is 5.72. The molecule has 3 N–H and O–H groups in total. The van der Waals surface area contributed by atoms with Crippen LogP contribution in [0.5, 0.6) is 0 Å². The molecule has 1 atom stereocenters. The first kappa shape index (κ1) is 8.60. The van der Waals surface area contributed by atoms with E-state index in [0.717, 1.165) is 30.7 Å². The van der Waals surface area contributed by atoms with Crippen molar-refractivity contribution in [2.75, 3.05) is 13.1 Å². The zero-order valence-electron chi connectivity index (χ0n) is 8.08. The Hall–Kier alpha value is -1.69. The molecule has 1 aliphatic heterocycles. The van der Waals surface area contributed by atoms with E-state index in [2.05, 4.69) is 25.3 Å². The van der Waals surface area contributed by atoms with E-state index in [1.54, 1.807) is 0 Å². The van der Waals surface area contributed by atoms with Gasteiger partial charge in [-0.15, -0.1) is 0 Å². The molecule has 0 aliphatic carbocycles. The summed E-state index contributed by atoms with van der Waals surface area (Å²) in [5.74, 6) is 0.377. The Morgan fingerprint density at radius 1 is 1.33 bits per heavy atom. The smallest absolute Gasteiger partial charge is 0.316 e. The Bertz CT molecular complexity index is 537. The molecule has 0 spiro atoms. The van der Waals surface area contributed by atoms with Crippen LogP contribution in [-0.2, 0) is 0 Å². The first-order valence-electron chi connectivity index (χ1n) is 4.98. The normalized spacial score (nSPS) is 21.2. The van der Waals surface area contributed by atoms with Crippen LogP contribution in [0.2, 0.25) is 0 Å². The average Bonchev–Trinajstić information content (AvgIpc) is 2.82. The quantitative estimate of drug-likeness (QED) is 0.597. The minimum absolute atomic E-state index is 0.224. The van der Waals surface area contributed by atoms with E-state index in [1.807, 2.05) is 0 Å². The van der Waals surface area contributed by atoms with Crippen molar-refractivity contribution in [2.45, 2.75) is 12.3 Å². The maximum Gasteiger partial charge on any atom is 0.325 e. The summed E-state index contributed by atoms with van der Waals surface area (Å²) in [6.45, 7) is 1.92. The zero-order valence-corrected chi connectivity index (χ0v) is 8.08. The summed E-state index contributed by atoms with van der Waals surface area (Å²) in [7, 11) is 0. The van der Waals surface area contributed by atoms with Crippen LogP contribution < -0.4 is 11.0 Å². The number of rotatable bonds is 1. The third kappa shape index (κ3) is 1.33. The maximum absolute atomic E-state index is 11.2. The van der Waals surface area contributed by atoms with E-state index in [4.69, 9.17) is 0 Å². The summed E-state index contributed by atoms with van der Waals surface area (Å²) < 4.78 is 0. The van der Waals surface area contributed by atoms with Crippen molar-refractivity contribution in [1.82, 2.24) is 25.3 Å². The summed E-state index contributed by atoms with van der Waals surface area (Å²) in [4.78, 5) is 24.8. The van der Waals surface area contributed by atoms with Crippen LogP contribution in [-0.4, -0.2) is 33.0 Å². The van der Waals surface area contributed by atoms with E-state index < -0.39 is 0 Å². The number of aromatic amines is 2. The van der Waals surface area contributed by atoms with E-state index in [-0.39, 0.29) is 5.69 Å². The summed E-state index contributed by atoms with van der Waals surface area (Å²) >= 11 is 0. The Kier molecular flexibility index (Phi) is 1.81. The van der Waals surface area contributed by atoms with Crippen molar-refractivity contribution in [3.05, 3.63) is 22.5 Å². The molecule has 3 heterocycles. The lowest BCUT2D eigenvalue weighted by molar-refractivity contribution is 0.738. The molecule has 6 nitrogen and oxygen atoms in total. The van der Waals surface area contributed by atoms with E-state index in [0.29, 0.717) is 11.6 Å². The van der Waals surface area contributed by atoms with Gasteiger partial charge in [0.1, 0.15) is 11.8 Å². The van der Waals surface area contributed by atoms with Crippen molar-refractivity contribution < 1.29 is 0 Å². The van der Waals surface area contributed by atoms with Gasteiger partial charge in [0.15, 0.2) is 5.65 Å². The fourth-order valence-corrected chi connectivity index (χ4v) is 2.07. The summed E-state index contributed by atoms with van der Waals surface area (Å²) in [6.07, 6.45) is 2.55. The molecular weight excluding hydrogens is 194 g/mol. The van der Waals surface area contributed by atoms with E-state index in [1.165, 1.54) is 6.33 Å². The molecule has 1 aliphatic rings. The highest BCUT2D eigenvalue weighted by atomic mass is 16.1. The molecule has 0 aromatic carbocycles. The van der Waals surface area contributed by atoms with Crippen molar-refractivity contribution in [3.63, 3.8) is 0 Å². The van der Waals surface area contributed by atoms with Crippen LogP contribution in [0.25, 0.3) is 11.2 Å². The van der Waals surface area contributed by atoms with Crippen LogP contribution in [0.1, 0.15) is 18.0 Å². The number of fused-ring (bicyclic) bond motifs is 1. The second-order valence-electron chi connectivity index (χ2n) is 3.75. The van der Waals surface area contributed by atoms with Gasteiger partial charge in [0.05, 0.1) is 5.69 Å². The third-order valence-corrected chi connectivity index (χ3v) is 2.79. The van der Waals surface area contributed by atoms with Crippen molar-refractivity contribution in [1.29, 1.82) is 0 Å². The number of hydrogen-bond acceptors (Lipinski definition) is 4. The zero-order chi connectivity index (χ0) is 10.3. The Morgan fingerprint density at radius 3 is 3.07 bits per heavy atom. The Labute approximate surface area is 85.1 Å². The van der Waals surface area contributed by atoms with E-state index >= 15 is 0 Å². The molecular formula is C9H11N5O. The Balaban J connectivity index is 2.20. The molecule has 78 valence electrons. The first-order chi connectivity index (χ1) is 7.34. The highest BCUT2D eigenvalue weighted by Gasteiger charge is 2.21. The van der Waals surface area contributed by atoms with Gasteiger partial charge in [-0.2, -0.15) is 0 Å². The van der Waals surface area contributed by atoms with Crippen molar-refractivity contribution in [2.24, 2.45) is 0 Å². The highest BCUT2D eigenvalue weighted by Crippen LogP contribution is 2.23. The lowest BCUT2D eigenvalue weighted by atomic mass is 10.0. The van der Waals surface area contributed by atoms with Gasteiger partial charge in [-0.05, 0) is 13.0 Å². The van der Waals surface area contributed by atoms with E-state index in [9.17, 15) is 4.79 Å². The topological polar surface area (TPSA) is 86.5 Å². The lowest BCUT2D eigenvalue weighted by Crippen LogP contribution is -2.09. The first-order valence-corrected chi connectivity index (χ1v) is 4.98. The molecule has 0 bridgehead atoms. The molecule has 0 amide bonds. The number of nitrogens with zero attached hydrogens (tertiary/aromatic N) is 2. The number of nitrogens with one attached hydrogen (secondary N) is 3. The molecule has 0 radical (unpaired) electrons. The standard InChI is InChI=1S/C9H11N5O/c15-9-13-7-6(5-1-2-10-3-5)11-4-12-8(7)14-9/h4-5,10H,1-3H2,(H2,11,12,13,14,15). The van der Waals surface area contributed by atoms with Crippen molar-refractivity contribution >= 4 is 11.2 Å². The minimum Gasteiger partial charge on any atom is -0.316 e. The van der Waals surface area contributed by atoms with Crippen LogP contribution in [0, 0.1) is 0 Å². The van der Waals surface area contributed by atoms with Gasteiger partial charge in [0.2, 0.25) is 0 Å². The molecule has 3 rings (SSSR count). The predicted octanol–water partition coefficient (Wildman–Crippen LogP) is -0.277. The predicted molar refractivity (Wildman–Crippen MR) is 54.7 cm³/mol. The van der Waals surface area contributed by atoms with Crippen LogP contribution in [0.4, 0.5) is 0 Å². The maximum atomic E-state index is 11.2. The average molecular weight is 205 g/mol. The van der Waals surface area contributed by atoms with Crippen LogP contribution in [0.15, 0.2) is 11.1 Å². The molecule has 2 aromatic heterocycles. The second kappa shape index (κ2) is 3.16. The van der Waals surface area contributed by atoms with Gasteiger partial charge in [0, 0.05) is 12.5 Å². The van der Waals surface area contributed by atoms with Crippen molar-refractivity contribution in [3.8, 4) is 0 Å². The molecule has 2 aromatic rings. The SMILES string of the molecule is O=c1[nH]c2ncnc(C3CCNC3)c2[nH]1. The van der Waals surface area contributed by atoms with Gasteiger partial charge in [-0.25, -0.2) is 14.8 Å². The van der Waals surface area contributed by atoms with Gasteiger partial charge in [0.25, 0.3) is 0 Å². The van der Waals surface area contributed by atoms with Crippen LogP contribution >= 0.6 is 0 Å². The number of hydrogen-bond donors (Lipinski definition) is 3. The molecule has 15 heavy (non-hydrogen) atoms. The third-order valence-electron chi connectivity index (χ3n) is 2.79. The summed E-state index contributed by atoms with van der Waals surface area (Å²) in [5.41, 5.74) is 2.05. The van der Waals surface area contributed by atoms with Gasteiger partial charge in [-0.1, -0.05) is 0 Å². The van der Waals surface area contributed by atoms with Crippen LogP contribution in [0.3, 0.4) is 0 Å². The molecule has 1 unspecified atom stereocenters. The van der Waals surface area contributed by atoms with Gasteiger partial charge < -0.3 is 10.3 Å². The number of H-pyrrole nitrogens is 2. The fourth-order valence-electron chi connectivity index (χ4n) is 2.07. The summed E-state index contributed by atoms with van der Waals surface area (Å²) in [6, 6.07) is 0. The number of imidazole rings is 1. The monoisotopic (exact) mass is 205 g/mol. The molecule has 6 heteroatoms. The second-order valence-corrected chi connectivity index (χ2v) is 3.75. The number of aromatic nitrogens is 4. The Morgan fingerprint density at radius 2 is 2.27 bits per heavy atom. The minimum atomic E-state index is -0.224. The molecule has 1 fully saturated rings. The fraction of sp³-hybridized carbons (Fsp3) is 0.444. The van der Waals surface area contributed by atoms with Gasteiger partial charge >= 0.3 is 5.69 Å². The summed E-state index contributed by atoms with van der Waals surface area (Å²) in [5, 5.41) is 3.28. The molecule has 1 saturated heterocycles. The molecule has 0 saturated carbocycles. The largest absolute Gasteiger partial charge is 0.325 e. The lowest BCUT2D eigenvalue weighted by Gasteiger charge is -2.06. The van der Waals surface area contributed by atoms with Gasteiger partial charge in [-0.3, -0.25) is 4.98 Å².